The number of piperazine rings is 1. The average Bonchev–Trinajstić information content (AvgIpc) is 3.01. The van der Waals surface area contributed by atoms with Gasteiger partial charge in [0.2, 0.25) is 0 Å². The molecule has 2 bridgehead atoms. The van der Waals surface area contributed by atoms with Gasteiger partial charge in [0.25, 0.3) is 5.91 Å². The van der Waals surface area contributed by atoms with E-state index in [1.54, 1.807) is 17.7 Å². The predicted octanol–water partition coefficient (Wildman–Crippen LogP) is 1.95. The van der Waals surface area contributed by atoms with E-state index in [9.17, 15) is 4.79 Å². The number of piperidine rings is 1. The highest BCUT2D eigenvalue weighted by atomic mass is 32.1. The summed E-state index contributed by atoms with van der Waals surface area (Å²) in [5.41, 5.74) is 1.80. The smallest absolute Gasteiger partial charge is 0.255 e. The summed E-state index contributed by atoms with van der Waals surface area (Å²) < 4.78 is 0. The Morgan fingerprint density at radius 3 is 2.81 bits per heavy atom. The van der Waals surface area contributed by atoms with Crippen molar-refractivity contribution >= 4 is 23.1 Å². The summed E-state index contributed by atoms with van der Waals surface area (Å²) in [5, 5.41) is 3.89. The third-order valence-electron chi connectivity index (χ3n) is 4.31. The number of anilines is 1. The van der Waals surface area contributed by atoms with Crippen molar-refractivity contribution in [1.29, 1.82) is 0 Å². The number of hydrogen-bond donors (Lipinski definition) is 0. The lowest BCUT2D eigenvalue weighted by Crippen LogP contribution is -2.70. The molecule has 2 atom stereocenters. The van der Waals surface area contributed by atoms with Gasteiger partial charge < -0.3 is 9.80 Å². The number of hydrogen-bond acceptors (Lipinski definition) is 5. The highest BCUT2D eigenvalue weighted by molar-refractivity contribution is 7.08. The summed E-state index contributed by atoms with van der Waals surface area (Å²) >= 11 is 1.57. The molecule has 0 saturated carbocycles. The van der Waals surface area contributed by atoms with Crippen LogP contribution in [0.3, 0.4) is 0 Å². The van der Waals surface area contributed by atoms with E-state index in [4.69, 9.17) is 0 Å². The number of carbonyl (C=O) groups excluding carboxylic acids is 1. The molecule has 108 valence electrons. The monoisotopic (exact) mass is 300 g/mol. The van der Waals surface area contributed by atoms with Gasteiger partial charge in [0, 0.05) is 30.2 Å². The van der Waals surface area contributed by atoms with Crippen LogP contribution in [0, 0.1) is 6.92 Å². The van der Waals surface area contributed by atoms with Crippen LogP contribution >= 0.6 is 11.3 Å². The van der Waals surface area contributed by atoms with E-state index in [1.807, 2.05) is 34.7 Å². The fourth-order valence-electron chi connectivity index (χ4n) is 3.28. The molecule has 3 fully saturated rings. The van der Waals surface area contributed by atoms with Crippen LogP contribution < -0.4 is 4.90 Å². The van der Waals surface area contributed by atoms with Crippen LogP contribution in [0.15, 0.2) is 29.2 Å². The zero-order valence-electron chi connectivity index (χ0n) is 11.8. The van der Waals surface area contributed by atoms with E-state index in [2.05, 4.69) is 14.9 Å². The first kappa shape index (κ1) is 12.8. The van der Waals surface area contributed by atoms with Crippen molar-refractivity contribution in [3.05, 3.63) is 40.5 Å². The Bertz CT molecular complexity index is 660. The molecule has 0 radical (unpaired) electrons. The van der Waals surface area contributed by atoms with Crippen molar-refractivity contribution in [2.45, 2.75) is 25.4 Å². The molecule has 3 saturated heterocycles. The molecule has 5 rings (SSSR count). The molecule has 0 spiro atoms. The molecule has 1 amide bonds. The first-order valence-electron chi connectivity index (χ1n) is 7.11. The quantitative estimate of drug-likeness (QED) is 0.850. The Kier molecular flexibility index (Phi) is 2.92. The van der Waals surface area contributed by atoms with Gasteiger partial charge in [-0.2, -0.15) is 11.3 Å². The number of rotatable bonds is 2. The average molecular weight is 300 g/mol. The third-order valence-corrected chi connectivity index (χ3v) is 4.99. The predicted molar refractivity (Wildman–Crippen MR) is 81.7 cm³/mol. The van der Waals surface area contributed by atoms with Crippen molar-refractivity contribution < 1.29 is 4.79 Å². The number of aromatic nitrogens is 2. The van der Waals surface area contributed by atoms with Gasteiger partial charge in [-0.25, -0.2) is 9.97 Å². The van der Waals surface area contributed by atoms with Crippen LogP contribution in [0.25, 0.3) is 0 Å². The van der Waals surface area contributed by atoms with Crippen molar-refractivity contribution in [2.24, 2.45) is 0 Å². The van der Waals surface area contributed by atoms with Gasteiger partial charge in [-0.15, -0.1) is 0 Å². The number of carbonyl (C=O) groups is 1. The molecule has 2 aromatic heterocycles. The van der Waals surface area contributed by atoms with Crippen molar-refractivity contribution in [3.63, 3.8) is 0 Å². The van der Waals surface area contributed by atoms with Crippen molar-refractivity contribution in [2.75, 3.05) is 18.0 Å². The van der Waals surface area contributed by atoms with Crippen molar-refractivity contribution in [1.82, 2.24) is 14.9 Å². The minimum atomic E-state index is 0.177. The van der Waals surface area contributed by atoms with Gasteiger partial charge in [0.15, 0.2) is 0 Å². The van der Waals surface area contributed by atoms with E-state index in [1.165, 1.54) is 0 Å². The maximum absolute atomic E-state index is 12.5. The van der Waals surface area contributed by atoms with Crippen LogP contribution in [0.5, 0.6) is 0 Å². The molecule has 2 unspecified atom stereocenters. The van der Waals surface area contributed by atoms with E-state index >= 15 is 0 Å². The molecule has 0 aromatic carbocycles. The zero-order valence-corrected chi connectivity index (χ0v) is 12.6. The second-order valence-electron chi connectivity index (χ2n) is 5.69. The molecule has 3 aliphatic rings. The van der Waals surface area contributed by atoms with Gasteiger partial charge in [0.1, 0.15) is 12.1 Å². The maximum Gasteiger partial charge on any atom is 0.255 e. The third kappa shape index (κ3) is 2.10. The summed E-state index contributed by atoms with van der Waals surface area (Å²) in [6.45, 7) is 3.70. The minimum Gasteiger partial charge on any atom is -0.352 e. The molecule has 5 nitrogen and oxygen atoms in total. The Balaban J connectivity index is 1.50. The second-order valence-corrected chi connectivity index (χ2v) is 6.47. The second kappa shape index (κ2) is 4.80. The highest BCUT2D eigenvalue weighted by Crippen LogP contribution is 2.35. The molecule has 21 heavy (non-hydrogen) atoms. The molecule has 6 heteroatoms. The first-order valence-corrected chi connectivity index (χ1v) is 8.05. The summed E-state index contributed by atoms with van der Waals surface area (Å²) in [6.07, 6.45) is 2.72. The van der Waals surface area contributed by atoms with Crippen LogP contribution in [-0.4, -0.2) is 45.9 Å². The lowest BCUT2D eigenvalue weighted by molar-refractivity contribution is 0.00580. The van der Waals surface area contributed by atoms with Gasteiger partial charge in [-0.1, -0.05) is 0 Å². The Morgan fingerprint density at radius 1 is 1.33 bits per heavy atom. The number of nitrogens with zero attached hydrogens (tertiary/aromatic N) is 4. The minimum absolute atomic E-state index is 0.177. The number of fused-ring (bicyclic) bond motifs is 2. The summed E-state index contributed by atoms with van der Waals surface area (Å²) in [4.78, 5) is 25.3. The molecule has 0 aliphatic carbocycles. The fourth-order valence-corrected chi connectivity index (χ4v) is 3.91. The molecular weight excluding hydrogens is 284 g/mol. The number of thiophene rings is 1. The van der Waals surface area contributed by atoms with Gasteiger partial charge in [-0.05, 0) is 24.8 Å². The summed E-state index contributed by atoms with van der Waals surface area (Å²) in [6, 6.07) is 4.54. The SMILES string of the molecule is Cc1cc(N2CC3CC(C2)N3C(=O)c2ccsc2)ncn1. The largest absolute Gasteiger partial charge is 0.352 e. The Morgan fingerprint density at radius 2 is 2.14 bits per heavy atom. The lowest BCUT2D eigenvalue weighted by Gasteiger charge is -2.56. The number of aryl methyl sites for hydroxylation is 1. The van der Waals surface area contributed by atoms with Crippen molar-refractivity contribution in [3.8, 4) is 0 Å². The molecule has 3 aliphatic heterocycles. The van der Waals surface area contributed by atoms with E-state index < -0.39 is 0 Å². The molecule has 0 N–H and O–H groups in total. The molecular formula is C15H16N4OS. The van der Waals surface area contributed by atoms with Crippen LogP contribution in [0.2, 0.25) is 0 Å². The van der Waals surface area contributed by atoms with Crippen LogP contribution in [0.1, 0.15) is 22.5 Å². The normalized spacial score (nSPS) is 23.9. The van der Waals surface area contributed by atoms with Gasteiger partial charge in [-0.3, -0.25) is 4.79 Å². The Hall–Kier alpha value is -1.95. The molecule has 5 heterocycles. The zero-order chi connectivity index (χ0) is 14.4. The van der Waals surface area contributed by atoms with E-state index in [0.717, 1.165) is 36.6 Å². The van der Waals surface area contributed by atoms with Gasteiger partial charge in [0.05, 0.1) is 17.6 Å². The first-order chi connectivity index (χ1) is 10.2. The molecule has 2 aromatic rings. The fraction of sp³-hybridized carbons (Fsp3) is 0.400. The van der Waals surface area contributed by atoms with Gasteiger partial charge >= 0.3 is 0 Å². The Labute approximate surface area is 127 Å². The standard InChI is InChI=1S/C15H16N4OS/c1-10-4-14(17-9-16-10)18-6-12-5-13(7-18)19(12)15(20)11-2-3-21-8-11/h2-4,8-9,12-13H,5-7H2,1H3. The van der Waals surface area contributed by atoms with Crippen LogP contribution in [0.4, 0.5) is 5.82 Å². The summed E-state index contributed by atoms with van der Waals surface area (Å²) in [7, 11) is 0. The highest BCUT2D eigenvalue weighted by Gasteiger charge is 2.47. The van der Waals surface area contributed by atoms with E-state index in [0.29, 0.717) is 12.1 Å². The van der Waals surface area contributed by atoms with E-state index in [-0.39, 0.29) is 5.91 Å². The maximum atomic E-state index is 12.5. The topological polar surface area (TPSA) is 49.3 Å². The summed E-state index contributed by atoms with van der Waals surface area (Å²) in [5.74, 6) is 1.15. The lowest BCUT2D eigenvalue weighted by atomic mass is 9.86. The number of amides is 1. The van der Waals surface area contributed by atoms with Crippen LogP contribution in [-0.2, 0) is 0 Å².